The van der Waals surface area contributed by atoms with E-state index in [2.05, 4.69) is 36.1 Å². The van der Waals surface area contributed by atoms with E-state index >= 15 is 0 Å². The lowest BCUT2D eigenvalue weighted by molar-refractivity contribution is -0.117. The van der Waals surface area contributed by atoms with Crippen molar-refractivity contribution in [1.82, 2.24) is 4.90 Å². The second kappa shape index (κ2) is 9.35. The van der Waals surface area contributed by atoms with Gasteiger partial charge in [-0.1, -0.05) is 55.8 Å². The predicted molar refractivity (Wildman–Crippen MR) is 106 cm³/mol. The summed E-state index contributed by atoms with van der Waals surface area (Å²) in [5.41, 5.74) is 3.24. The van der Waals surface area contributed by atoms with E-state index in [-0.39, 0.29) is 5.78 Å². The average Bonchev–Trinajstić information content (AvgIpc) is 2.67. The quantitative estimate of drug-likeness (QED) is 0.535. The van der Waals surface area contributed by atoms with Crippen molar-refractivity contribution in [2.45, 2.75) is 32.7 Å². The van der Waals surface area contributed by atoms with Gasteiger partial charge >= 0.3 is 0 Å². The van der Waals surface area contributed by atoms with E-state index in [0.29, 0.717) is 13.0 Å². The first kappa shape index (κ1) is 18.4. The molecular formula is C23H27NO2. The molecule has 1 saturated heterocycles. The van der Waals surface area contributed by atoms with E-state index in [1.807, 2.05) is 36.4 Å². The molecule has 1 heterocycles. The number of unbranched alkanes of at least 4 members (excludes halogenated alkanes) is 1. The highest BCUT2D eigenvalue weighted by Crippen LogP contribution is 2.20. The number of carbonyl (C=O) groups excluding carboxylic acids is 1. The van der Waals surface area contributed by atoms with Crippen LogP contribution in [0, 0.1) is 0 Å². The van der Waals surface area contributed by atoms with Gasteiger partial charge in [0.25, 0.3) is 0 Å². The molecule has 0 spiro atoms. The van der Waals surface area contributed by atoms with Crippen molar-refractivity contribution < 1.29 is 9.53 Å². The monoisotopic (exact) mass is 349 g/mol. The van der Waals surface area contributed by atoms with Crippen LogP contribution in [0.15, 0.2) is 60.2 Å². The van der Waals surface area contributed by atoms with Gasteiger partial charge in [-0.05, 0) is 35.8 Å². The molecule has 1 aliphatic rings. The van der Waals surface area contributed by atoms with E-state index in [1.165, 1.54) is 5.56 Å². The highest BCUT2D eigenvalue weighted by Gasteiger charge is 2.21. The Morgan fingerprint density at radius 2 is 1.85 bits per heavy atom. The van der Waals surface area contributed by atoms with Crippen LogP contribution in [-0.2, 0) is 11.3 Å². The molecule has 0 aromatic heterocycles. The zero-order valence-electron chi connectivity index (χ0n) is 15.5. The van der Waals surface area contributed by atoms with Crippen molar-refractivity contribution in [2.75, 3.05) is 19.7 Å². The molecule has 3 heteroatoms. The Balaban J connectivity index is 1.63. The number of Topliss-reactive ketones (excluding diaryl/α,β-unsaturated/α-hetero) is 1. The largest absolute Gasteiger partial charge is 0.494 e. The van der Waals surface area contributed by atoms with Gasteiger partial charge in [0.2, 0.25) is 0 Å². The molecule has 26 heavy (non-hydrogen) atoms. The summed E-state index contributed by atoms with van der Waals surface area (Å²) in [6.45, 7) is 5.33. The second-order valence-corrected chi connectivity index (χ2v) is 6.81. The van der Waals surface area contributed by atoms with Crippen LogP contribution >= 0.6 is 0 Å². The summed E-state index contributed by atoms with van der Waals surface area (Å²) in [6.07, 6.45) is 4.81. The van der Waals surface area contributed by atoms with Gasteiger partial charge in [0.05, 0.1) is 6.61 Å². The van der Waals surface area contributed by atoms with E-state index in [0.717, 1.165) is 49.4 Å². The van der Waals surface area contributed by atoms with Crippen LogP contribution in [0.4, 0.5) is 0 Å². The molecule has 2 aromatic rings. The number of hydrogen-bond acceptors (Lipinski definition) is 3. The maximum Gasteiger partial charge on any atom is 0.161 e. The normalized spacial score (nSPS) is 16.8. The van der Waals surface area contributed by atoms with Gasteiger partial charge in [-0.25, -0.2) is 0 Å². The Kier molecular flexibility index (Phi) is 6.62. The highest BCUT2D eigenvalue weighted by molar-refractivity contribution is 6.00. The molecule has 1 fully saturated rings. The number of hydrogen-bond donors (Lipinski definition) is 0. The molecular weight excluding hydrogens is 322 g/mol. The molecule has 0 radical (unpaired) electrons. The molecule has 136 valence electrons. The number of carbonyl (C=O) groups is 1. The third kappa shape index (κ3) is 5.30. The first-order valence-electron chi connectivity index (χ1n) is 9.47. The van der Waals surface area contributed by atoms with Gasteiger partial charge < -0.3 is 4.74 Å². The zero-order valence-corrected chi connectivity index (χ0v) is 15.5. The number of piperidine rings is 1. The Morgan fingerprint density at radius 1 is 1.08 bits per heavy atom. The van der Waals surface area contributed by atoms with Crippen LogP contribution in [0.25, 0.3) is 6.08 Å². The smallest absolute Gasteiger partial charge is 0.161 e. The van der Waals surface area contributed by atoms with E-state index in [9.17, 15) is 4.79 Å². The fourth-order valence-electron chi connectivity index (χ4n) is 3.13. The third-order valence-electron chi connectivity index (χ3n) is 4.64. The molecule has 3 nitrogen and oxygen atoms in total. The minimum atomic E-state index is 0.262. The van der Waals surface area contributed by atoms with Crippen LogP contribution in [0.5, 0.6) is 5.75 Å². The zero-order chi connectivity index (χ0) is 18.2. The predicted octanol–water partition coefficient (Wildman–Crippen LogP) is 4.72. The first-order valence-corrected chi connectivity index (χ1v) is 9.47. The van der Waals surface area contributed by atoms with Gasteiger partial charge in [0.1, 0.15) is 5.75 Å². The number of likely N-dealkylation sites (tertiary alicyclic amines) is 1. The SMILES string of the molecule is CCCCOc1ccc(/C=C2\CN(Cc3ccccc3)CCC2=O)cc1. The highest BCUT2D eigenvalue weighted by atomic mass is 16.5. The fraction of sp³-hybridized carbons (Fsp3) is 0.348. The molecule has 0 atom stereocenters. The number of nitrogens with zero attached hydrogens (tertiary/aromatic N) is 1. The Morgan fingerprint density at radius 3 is 2.58 bits per heavy atom. The van der Waals surface area contributed by atoms with Gasteiger partial charge in [0.15, 0.2) is 5.78 Å². The van der Waals surface area contributed by atoms with E-state index in [1.54, 1.807) is 0 Å². The third-order valence-corrected chi connectivity index (χ3v) is 4.64. The van der Waals surface area contributed by atoms with Crippen molar-refractivity contribution in [3.05, 3.63) is 71.3 Å². The van der Waals surface area contributed by atoms with Crippen molar-refractivity contribution in [3.8, 4) is 5.75 Å². The fourth-order valence-corrected chi connectivity index (χ4v) is 3.13. The summed E-state index contributed by atoms with van der Waals surface area (Å²) in [6, 6.07) is 18.4. The molecule has 0 amide bonds. The minimum absolute atomic E-state index is 0.262. The molecule has 0 unspecified atom stereocenters. The second-order valence-electron chi connectivity index (χ2n) is 6.81. The first-order chi connectivity index (χ1) is 12.7. The van der Waals surface area contributed by atoms with Crippen LogP contribution in [0.3, 0.4) is 0 Å². The minimum Gasteiger partial charge on any atom is -0.494 e. The van der Waals surface area contributed by atoms with Crippen molar-refractivity contribution in [3.63, 3.8) is 0 Å². The maximum atomic E-state index is 12.3. The van der Waals surface area contributed by atoms with Crippen LogP contribution in [-0.4, -0.2) is 30.4 Å². The average molecular weight is 349 g/mol. The number of ketones is 1. The summed E-state index contributed by atoms with van der Waals surface area (Å²) in [5.74, 6) is 1.15. The Labute approximate surface area is 156 Å². The lowest BCUT2D eigenvalue weighted by atomic mass is 9.99. The maximum absolute atomic E-state index is 12.3. The molecule has 1 aliphatic heterocycles. The standard InChI is InChI=1S/C23H27NO2/c1-2-3-15-26-22-11-9-19(10-12-22)16-21-18-24(14-13-23(21)25)17-20-7-5-4-6-8-20/h4-12,16H,2-3,13-15,17-18H2,1H3/b21-16+. The van der Waals surface area contributed by atoms with Gasteiger partial charge in [-0.3, -0.25) is 9.69 Å². The summed E-state index contributed by atoms with van der Waals surface area (Å²) in [7, 11) is 0. The lowest BCUT2D eigenvalue weighted by Gasteiger charge is -2.27. The van der Waals surface area contributed by atoms with Crippen molar-refractivity contribution >= 4 is 11.9 Å². The summed E-state index contributed by atoms with van der Waals surface area (Å²) < 4.78 is 5.70. The van der Waals surface area contributed by atoms with E-state index in [4.69, 9.17) is 4.74 Å². The van der Waals surface area contributed by atoms with Crippen molar-refractivity contribution in [1.29, 1.82) is 0 Å². The molecule has 0 bridgehead atoms. The number of benzene rings is 2. The molecule has 0 N–H and O–H groups in total. The van der Waals surface area contributed by atoms with E-state index < -0.39 is 0 Å². The lowest BCUT2D eigenvalue weighted by Crippen LogP contribution is -2.35. The summed E-state index contributed by atoms with van der Waals surface area (Å²) in [4.78, 5) is 14.7. The summed E-state index contributed by atoms with van der Waals surface area (Å²) >= 11 is 0. The molecule has 3 rings (SSSR count). The number of rotatable bonds is 7. The van der Waals surface area contributed by atoms with Gasteiger partial charge in [-0.2, -0.15) is 0 Å². The van der Waals surface area contributed by atoms with Gasteiger partial charge in [0, 0.05) is 31.6 Å². The number of ether oxygens (including phenoxy) is 1. The van der Waals surface area contributed by atoms with Gasteiger partial charge in [-0.15, -0.1) is 0 Å². The van der Waals surface area contributed by atoms with Crippen LogP contribution in [0.2, 0.25) is 0 Å². The van der Waals surface area contributed by atoms with Crippen molar-refractivity contribution in [2.24, 2.45) is 0 Å². The molecule has 2 aromatic carbocycles. The molecule has 0 aliphatic carbocycles. The molecule has 0 saturated carbocycles. The van der Waals surface area contributed by atoms with Crippen LogP contribution in [0.1, 0.15) is 37.3 Å². The Hall–Kier alpha value is -2.39. The van der Waals surface area contributed by atoms with Crippen LogP contribution < -0.4 is 4.74 Å². The topological polar surface area (TPSA) is 29.5 Å². The summed E-state index contributed by atoms with van der Waals surface area (Å²) in [5, 5.41) is 0. The Bertz CT molecular complexity index is 735.